The lowest BCUT2D eigenvalue weighted by atomic mass is 10.2. The van der Waals surface area contributed by atoms with Crippen LogP contribution in [0.5, 0.6) is 0 Å². The summed E-state index contributed by atoms with van der Waals surface area (Å²) >= 11 is 0. The molecule has 0 bridgehead atoms. The van der Waals surface area contributed by atoms with Gasteiger partial charge in [0, 0.05) is 20.3 Å². The summed E-state index contributed by atoms with van der Waals surface area (Å²) in [6.07, 6.45) is 0.697. The summed E-state index contributed by atoms with van der Waals surface area (Å²) < 4.78 is 20.3. The second-order valence-electron chi connectivity index (χ2n) is 4.24. The van der Waals surface area contributed by atoms with Gasteiger partial charge in [0.15, 0.2) is 0 Å². The van der Waals surface area contributed by atoms with E-state index >= 15 is 0 Å². The standard InChI is InChI=1S/C13H18FN3O/c1-3-17-12-8-9(14)4-5-11(12)16-13(17)10(15)6-7-18-2/h4-5,8,10H,3,6-7,15H2,1-2H3. The van der Waals surface area contributed by atoms with Crippen molar-refractivity contribution in [2.24, 2.45) is 5.73 Å². The first-order valence-corrected chi connectivity index (χ1v) is 6.07. The quantitative estimate of drug-likeness (QED) is 0.886. The van der Waals surface area contributed by atoms with Crippen molar-refractivity contribution in [2.45, 2.75) is 25.9 Å². The summed E-state index contributed by atoms with van der Waals surface area (Å²) in [5, 5.41) is 0. The zero-order chi connectivity index (χ0) is 13.1. The van der Waals surface area contributed by atoms with Gasteiger partial charge in [-0.05, 0) is 31.5 Å². The molecule has 1 unspecified atom stereocenters. The molecule has 0 spiro atoms. The molecule has 2 N–H and O–H groups in total. The number of ether oxygens (including phenoxy) is 1. The number of rotatable bonds is 5. The fraction of sp³-hybridized carbons (Fsp3) is 0.462. The summed E-state index contributed by atoms with van der Waals surface area (Å²) in [7, 11) is 1.64. The van der Waals surface area contributed by atoms with Gasteiger partial charge in [-0.3, -0.25) is 0 Å². The van der Waals surface area contributed by atoms with Crippen molar-refractivity contribution in [3.05, 3.63) is 29.8 Å². The van der Waals surface area contributed by atoms with E-state index < -0.39 is 0 Å². The minimum absolute atomic E-state index is 0.194. The van der Waals surface area contributed by atoms with Crippen LogP contribution in [0.3, 0.4) is 0 Å². The second-order valence-corrected chi connectivity index (χ2v) is 4.24. The molecule has 0 saturated carbocycles. The summed E-state index contributed by atoms with van der Waals surface area (Å²) in [4.78, 5) is 4.49. The molecule has 0 aliphatic heterocycles. The van der Waals surface area contributed by atoms with Gasteiger partial charge in [0.05, 0.1) is 17.1 Å². The van der Waals surface area contributed by atoms with E-state index in [1.54, 1.807) is 13.2 Å². The molecule has 0 amide bonds. The average Bonchev–Trinajstić information content (AvgIpc) is 2.73. The van der Waals surface area contributed by atoms with Gasteiger partial charge >= 0.3 is 0 Å². The summed E-state index contributed by atoms with van der Waals surface area (Å²) in [5.41, 5.74) is 7.67. The van der Waals surface area contributed by atoms with Gasteiger partial charge in [-0.25, -0.2) is 9.37 Å². The van der Waals surface area contributed by atoms with Crippen LogP contribution in [-0.2, 0) is 11.3 Å². The number of fused-ring (bicyclic) bond motifs is 1. The Labute approximate surface area is 106 Å². The van der Waals surface area contributed by atoms with E-state index in [9.17, 15) is 4.39 Å². The van der Waals surface area contributed by atoms with Gasteiger partial charge in [0.2, 0.25) is 0 Å². The van der Waals surface area contributed by atoms with Gasteiger partial charge in [0.1, 0.15) is 11.6 Å². The van der Waals surface area contributed by atoms with Crippen LogP contribution < -0.4 is 5.73 Å². The van der Waals surface area contributed by atoms with Crippen LogP contribution in [0.15, 0.2) is 18.2 Å². The zero-order valence-electron chi connectivity index (χ0n) is 10.7. The van der Waals surface area contributed by atoms with Crippen molar-refractivity contribution in [2.75, 3.05) is 13.7 Å². The van der Waals surface area contributed by atoms with Crippen molar-refractivity contribution in [1.82, 2.24) is 9.55 Å². The lowest BCUT2D eigenvalue weighted by molar-refractivity contribution is 0.186. The summed E-state index contributed by atoms with van der Waals surface area (Å²) in [6, 6.07) is 4.40. The molecular weight excluding hydrogens is 233 g/mol. The molecule has 0 radical (unpaired) electrons. The van der Waals surface area contributed by atoms with E-state index in [1.807, 2.05) is 11.5 Å². The Hall–Kier alpha value is -1.46. The van der Waals surface area contributed by atoms with E-state index in [0.717, 1.165) is 23.4 Å². The van der Waals surface area contributed by atoms with E-state index in [2.05, 4.69) is 4.98 Å². The van der Waals surface area contributed by atoms with Crippen molar-refractivity contribution in [1.29, 1.82) is 0 Å². The van der Waals surface area contributed by atoms with E-state index in [-0.39, 0.29) is 11.9 Å². The number of imidazole rings is 1. The average molecular weight is 251 g/mol. The highest BCUT2D eigenvalue weighted by molar-refractivity contribution is 5.76. The van der Waals surface area contributed by atoms with E-state index in [0.29, 0.717) is 13.0 Å². The molecule has 0 fully saturated rings. The second kappa shape index (κ2) is 5.46. The number of aromatic nitrogens is 2. The van der Waals surface area contributed by atoms with Crippen LogP contribution in [0.1, 0.15) is 25.2 Å². The van der Waals surface area contributed by atoms with Gasteiger partial charge in [-0.2, -0.15) is 0 Å². The van der Waals surface area contributed by atoms with Crippen LogP contribution >= 0.6 is 0 Å². The lowest BCUT2D eigenvalue weighted by Gasteiger charge is -2.12. The molecule has 2 rings (SSSR count). The Balaban J connectivity index is 2.43. The molecule has 2 aromatic rings. The fourth-order valence-electron chi connectivity index (χ4n) is 2.10. The molecule has 1 aromatic heterocycles. The number of nitrogens with two attached hydrogens (primary N) is 1. The third-order valence-corrected chi connectivity index (χ3v) is 3.02. The number of benzene rings is 1. The summed E-state index contributed by atoms with van der Waals surface area (Å²) in [6.45, 7) is 3.30. The first kappa shape index (κ1) is 13.0. The maximum atomic E-state index is 13.3. The highest BCUT2D eigenvalue weighted by Crippen LogP contribution is 2.22. The lowest BCUT2D eigenvalue weighted by Crippen LogP contribution is -2.18. The maximum Gasteiger partial charge on any atom is 0.126 e. The summed E-state index contributed by atoms with van der Waals surface area (Å²) in [5.74, 6) is 0.532. The van der Waals surface area contributed by atoms with Crippen molar-refractivity contribution >= 4 is 11.0 Å². The SMILES string of the molecule is CCn1c(C(N)CCOC)nc2ccc(F)cc21. The highest BCUT2D eigenvalue weighted by Gasteiger charge is 2.16. The van der Waals surface area contributed by atoms with Gasteiger partial charge in [-0.15, -0.1) is 0 Å². The topological polar surface area (TPSA) is 53.1 Å². The molecule has 5 heteroatoms. The minimum Gasteiger partial charge on any atom is -0.385 e. The monoisotopic (exact) mass is 251 g/mol. The first-order chi connectivity index (χ1) is 8.67. The highest BCUT2D eigenvalue weighted by atomic mass is 19.1. The number of hydrogen-bond donors (Lipinski definition) is 1. The fourth-order valence-corrected chi connectivity index (χ4v) is 2.10. The minimum atomic E-state index is -0.255. The molecule has 1 atom stereocenters. The first-order valence-electron chi connectivity index (χ1n) is 6.07. The Morgan fingerprint density at radius 3 is 2.94 bits per heavy atom. The van der Waals surface area contributed by atoms with Crippen LogP contribution in [0.2, 0.25) is 0 Å². The van der Waals surface area contributed by atoms with Crippen LogP contribution in [0.4, 0.5) is 4.39 Å². The number of nitrogens with zero attached hydrogens (tertiary/aromatic N) is 2. The number of halogens is 1. The molecule has 0 saturated heterocycles. The van der Waals surface area contributed by atoms with Gasteiger partial charge in [0.25, 0.3) is 0 Å². The van der Waals surface area contributed by atoms with Gasteiger partial charge < -0.3 is 15.0 Å². The van der Waals surface area contributed by atoms with Crippen molar-refractivity contribution < 1.29 is 9.13 Å². The van der Waals surface area contributed by atoms with E-state index in [4.69, 9.17) is 10.5 Å². The van der Waals surface area contributed by atoms with Crippen molar-refractivity contribution in [3.63, 3.8) is 0 Å². The Morgan fingerprint density at radius 2 is 2.28 bits per heavy atom. The van der Waals surface area contributed by atoms with Gasteiger partial charge in [-0.1, -0.05) is 0 Å². The number of methoxy groups -OCH3 is 1. The third kappa shape index (κ3) is 2.37. The molecular formula is C13H18FN3O. The number of aryl methyl sites for hydroxylation is 1. The molecule has 1 aromatic carbocycles. The molecule has 98 valence electrons. The Bertz CT molecular complexity index is 538. The molecule has 1 heterocycles. The molecule has 0 aliphatic carbocycles. The molecule has 18 heavy (non-hydrogen) atoms. The smallest absolute Gasteiger partial charge is 0.126 e. The third-order valence-electron chi connectivity index (χ3n) is 3.02. The normalized spacial score (nSPS) is 13.1. The largest absolute Gasteiger partial charge is 0.385 e. The van der Waals surface area contributed by atoms with Crippen LogP contribution in [0, 0.1) is 5.82 Å². The zero-order valence-corrected chi connectivity index (χ0v) is 10.7. The predicted molar refractivity (Wildman–Crippen MR) is 68.8 cm³/mol. The molecule has 4 nitrogen and oxygen atoms in total. The van der Waals surface area contributed by atoms with E-state index in [1.165, 1.54) is 12.1 Å². The van der Waals surface area contributed by atoms with Crippen LogP contribution in [0.25, 0.3) is 11.0 Å². The number of hydrogen-bond acceptors (Lipinski definition) is 3. The Kier molecular flexibility index (Phi) is 3.93. The maximum absolute atomic E-state index is 13.3. The Morgan fingerprint density at radius 1 is 1.50 bits per heavy atom. The molecule has 0 aliphatic rings. The predicted octanol–water partition coefficient (Wildman–Crippen LogP) is 2.23. The van der Waals surface area contributed by atoms with Crippen molar-refractivity contribution in [3.8, 4) is 0 Å². The van der Waals surface area contributed by atoms with Crippen LogP contribution in [-0.4, -0.2) is 23.3 Å².